The molecule has 4 aromatic carbocycles. The van der Waals surface area contributed by atoms with Crippen molar-refractivity contribution in [1.29, 1.82) is 0 Å². The zero-order chi connectivity index (χ0) is 49.8. The average molecular weight is 887 g/mol. The highest BCUT2D eigenvalue weighted by molar-refractivity contribution is 6.02. The summed E-state index contributed by atoms with van der Waals surface area (Å²) in [7, 11) is 0. The number of nitrogens with zero attached hydrogens (tertiary/aromatic N) is 1. The van der Waals surface area contributed by atoms with Crippen LogP contribution in [0.15, 0.2) is 109 Å². The molecule has 3 heterocycles. The Morgan fingerprint density at radius 1 is 0.523 bits per heavy atom. The summed E-state index contributed by atoms with van der Waals surface area (Å²) in [6.07, 6.45) is 6.83. The van der Waals surface area contributed by atoms with Crippen LogP contribution in [0.25, 0.3) is 0 Å². The monoisotopic (exact) mass is 887 g/mol. The first-order chi connectivity index (χ1) is 30.6. The number of para-hydroxylation sites is 1. The molecule has 8 rings (SSSR count). The molecular weight excluding hydrogens is 793 g/mol. The average Bonchev–Trinajstić information content (AvgIpc) is 3.91. The molecule has 4 aliphatic rings. The highest BCUT2D eigenvalue weighted by Gasteiger charge is 2.25. The summed E-state index contributed by atoms with van der Waals surface area (Å²) in [6, 6.07) is 28.0. The molecule has 0 atom stereocenters. The van der Waals surface area contributed by atoms with Gasteiger partial charge in [0.1, 0.15) is 11.6 Å². The highest BCUT2D eigenvalue weighted by atomic mass is 16.5. The van der Waals surface area contributed by atoms with Gasteiger partial charge < -0.3 is 20.7 Å². The topological polar surface area (TPSA) is 57.7 Å². The van der Waals surface area contributed by atoms with Gasteiger partial charge in [0, 0.05) is 23.5 Å². The normalized spacial score (nSPS) is 14.6. The number of nitrogens with one attached hydrogen (secondary N) is 3. The minimum atomic E-state index is 0.0415. The van der Waals surface area contributed by atoms with E-state index >= 15 is 0 Å². The number of aryl methyl sites for hydroxylation is 1. The minimum absolute atomic E-state index is 0.0415. The van der Waals surface area contributed by atoms with Crippen molar-refractivity contribution in [1.82, 2.24) is 0 Å². The van der Waals surface area contributed by atoms with Gasteiger partial charge >= 0.3 is 0 Å². The molecular formula is C60H94N4O. The molecule has 0 saturated heterocycles. The SMILES string of the molecule is C=C1CCc2c(cccc2C(C)(C)C)N1.C=C1Nc2cccc(C(C)(C)C)c2N1.CC.CC.CC.CC.CC(C)(C)N=C1CCCc2ccccc21.CC(C)(C)c1ccc2c(c1)CCO2. The van der Waals surface area contributed by atoms with Crippen molar-refractivity contribution in [2.75, 3.05) is 22.6 Å². The third-order valence-electron chi connectivity index (χ3n) is 10.6. The third kappa shape index (κ3) is 18.2. The van der Waals surface area contributed by atoms with Gasteiger partial charge in [0.25, 0.3) is 0 Å². The molecule has 0 bridgehead atoms. The highest BCUT2D eigenvalue weighted by Crippen LogP contribution is 2.39. The molecule has 0 radical (unpaired) electrons. The van der Waals surface area contributed by atoms with E-state index in [1.165, 1.54) is 68.9 Å². The van der Waals surface area contributed by atoms with Crippen LogP contribution in [-0.2, 0) is 35.5 Å². The Balaban J connectivity index is 0.000000412. The quantitative estimate of drug-likeness (QED) is 0.165. The van der Waals surface area contributed by atoms with Gasteiger partial charge in [0.15, 0.2) is 0 Å². The van der Waals surface area contributed by atoms with Gasteiger partial charge in [0.2, 0.25) is 0 Å². The number of aliphatic imine (C=N–C) groups is 1. The molecule has 0 amide bonds. The smallest absolute Gasteiger partial charge is 0.122 e. The van der Waals surface area contributed by atoms with E-state index in [0.717, 1.165) is 55.2 Å². The number of ether oxygens (including phenoxy) is 1. The van der Waals surface area contributed by atoms with Crippen molar-refractivity contribution in [3.63, 3.8) is 0 Å². The number of hydrogen-bond acceptors (Lipinski definition) is 5. The third-order valence-corrected chi connectivity index (χ3v) is 10.6. The van der Waals surface area contributed by atoms with E-state index in [1.807, 2.05) is 55.4 Å². The maximum Gasteiger partial charge on any atom is 0.122 e. The van der Waals surface area contributed by atoms with Gasteiger partial charge in [-0.1, -0.05) is 192 Å². The van der Waals surface area contributed by atoms with Crippen molar-refractivity contribution in [3.05, 3.63) is 142 Å². The largest absolute Gasteiger partial charge is 0.493 e. The fourth-order valence-electron chi connectivity index (χ4n) is 7.74. The number of anilines is 3. The second kappa shape index (κ2) is 27.0. The van der Waals surface area contributed by atoms with E-state index in [0.29, 0.717) is 0 Å². The number of allylic oxidation sites excluding steroid dienone is 1. The first-order valence-corrected chi connectivity index (χ1v) is 25.0. The van der Waals surface area contributed by atoms with Crippen LogP contribution >= 0.6 is 0 Å². The van der Waals surface area contributed by atoms with Crippen LogP contribution in [0.2, 0.25) is 0 Å². The Kier molecular flexibility index (Phi) is 24.2. The molecule has 4 aromatic rings. The summed E-state index contributed by atoms with van der Waals surface area (Å²) in [5.41, 5.74) is 16.5. The van der Waals surface area contributed by atoms with Crippen LogP contribution in [0.5, 0.6) is 5.75 Å². The van der Waals surface area contributed by atoms with Gasteiger partial charge in [-0.15, -0.1) is 0 Å². The Morgan fingerprint density at radius 3 is 1.69 bits per heavy atom. The van der Waals surface area contributed by atoms with Crippen molar-refractivity contribution in [2.45, 2.75) is 199 Å². The lowest BCUT2D eigenvalue weighted by molar-refractivity contribution is 0.356. The van der Waals surface area contributed by atoms with Crippen LogP contribution in [0.1, 0.15) is 197 Å². The molecule has 0 spiro atoms. The van der Waals surface area contributed by atoms with Crippen molar-refractivity contribution in [2.24, 2.45) is 4.99 Å². The Hall–Kier alpha value is -4.77. The molecule has 0 fully saturated rings. The lowest BCUT2D eigenvalue weighted by atomic mass is 9.81. The molecule has 0 aromatic heterocycles. The number of rotatable bonds is 0. The maximum atomic E-state index is 5.47. The van der Waals surface area contributed by atoms with E-state index in [2.05, 4.69) is 191 Å². The zero-order valence-electron chi connectivity index (χ0n) is 45.2. The van der Waals surface area contributed by atoms with Crippen molar-refractivity contribution < 1.29 is 4.74 Å². The predicted molar refractivity (Wildman–Crippen MR) is 293 cm³/mol. The van der Waals surface area contributed by atoms with Crippen LogP contribution in [-0.4, -0.2) is 17.9 Å². The number of fused-ring (bicyclic) bond motifs is 4. The van der Waals surface area contributed by atoms with Crippen LogP contribution < -0.4 is 20.7 Å². The molecule has 5 heteroatoms. The van der Waals surface area contributed by atoms with Crippen molar-refractivity contribution >= 4 is 22.8 Å². The van der Waals surface area contributed by atoms with Crippen LogP contribution in [0.4, 0.5) is 17.1 Å². The molecule has 360 valence electrons. The fourth-order valence-corrected chi connectivity index (χ4v) is 7.74. The molecule has 0 saturated carbocycles. The summed E-state index contributed by atoms with van der Waals surface area (Å²) >= 11 is 0. The van der Waals surface area contributed by atoms with Crippen molar-refractivity contribution in [3.8, 4) is 5.75 Å². The maximum absolute atomic E-state index is 5.47. The van der Waals surface area contributed by atoms with Gasteiger partial charge in [0.05, 0.1) is 23.5 Å². The summed E-state index contributed by atoms with van der Waals surface area (Å²) < 4.78 is 5.47. The van der Waals surface area contributed by atoms with Crippen LogP contribution in [0, 0.1) is 0 Å². The standard InChI is InChI=1S/2C14H19N.C12H16N2.C12H16O.4C2H6/c1-10-8-9-11-12(14(2,3)4)6-5-7-13(11)15-10;1-14(2,3)15-13-10-6-8-11-7-4-5-9-12(11)13;1-8-13-10-7-5-6-9(11(10)14-8)12(2,3)4;1-12(2,3)10-4-5-11-9(8-10)6-7-13-11;4*1-2/h5-7,15H,1,8-9H2,2-4H3;4-5,7,9H,6,8,10H2,1-3H3;5-7,13-14H,1H2,2-4H3;4-5,8H,6-7H2,1-3H3;4*1-2H3. The molecule has 65 heavy (non-hydrogen) atoms. The van der Waals surface area contributed by atoms with Gasteiger partial charge in [-0.25, -0.2) is 0 Å². The first-order valence-electron chi connectivity index (χ1n) is 25.0. The van der Waals surface area contributed by atoms with E-state index in [1.54, 1.807) is 0 Å². The second-order valence-corrected chi connectivity index (χ2v) is 19.9. The van der Waals surface area contributed by atoms with Gasteiger partial charge in [-0.05, 0) is 126 Å². The summed E-state index contributed by atoms with van der Waals surface area (Å²) in [5.74, 6) is 1.93. The lowest BCUT2D eigenvalue weighted by Crippen LogP contribution is -2.18. The van der Waals surface area contributed by atoms with Gasteiger partial charge in [-0.2, -0.15) is 0 Å². The van der Waals surface area contributed by atoms with E-state index in [4.69, 9.17) is 9.73 Å². The van der Waals surface area contributed by atoms with Crippen LogP contribution in [0.3, 0.4) is 0 Å². The zero-order valence-corrected chi connectivity index (χ0v) is 45.2. The van der Waals surface area contributed by atoms with E-state index < -0.39 is 0 Å². The Bertz CT molecular complexity index is 2090. The van der Waals surface area contributed by atoms with E-state index in [-0.39, 0.29) is 21.8 Å². The Morgan fingerprint density at radius 2 is 1.11 bits per heavy atom. The Labute approximate surface area is 400 Å². The minimum Gasteiger partial charge on any atom is -0.493 e. The summed E-state index contributed by atoms with van der Waals surface area (Å²) in [6.45, 7) is 51.4. The fraction of sp³-hybridized carbons (Fsp3) is 0.517. The summed E-state index contributed by atoms with van der Waals surface area (Å²) in [5, 5.41) is 9.85. The molecule has 5 nitrogen and oxygen atoms in total. The van der Waals surface area contributed by atoms with Gasteiger partial charge in [-0.3, -0.25) is 4.99 Å². The molecule has 3 aliphatic heterocycles. The molecule has 0 unspecified atom stereocenters. The van der Waals surface area contributed by atoms with E-state index in [9.17, 15) is 0 Å². The predicted octanol–water partition coefficient (Wildman–Crippen LogP) is 17.8. The lowest BCUT2D eigenvalue weighted by Gasteiger charge is -2.28. The first kappa shape index (κ1) is 58.2. The number of benzene rings is 4. The molecule has 1 aliphatic carbocycles. The molecule has 3 N–H and O–H groups in total. The summed E-state index contributed by atoms with van der Waals surface area (Å²) in [4.78, 5) is 4.83. The second-order valence-electron chi connectivity index (χ2n) is 19.9. The number of hydrogen-bond donors (Lipinski definition) is 3.